The van der Waals surface area contributed by atoms with E-state index in [9.17, 15) is 4.79 Å². The summed E-state index contributed by atoms with van der Waals surface area (Å²) in [6.07, 6.45) is 4.82. The van der Waals surface area contributed by atoms with Gasteiger partial charge < -0.3 is 4.84 Å². The normalized spacial score (nSPS) is 11.5. The van der Waals surface area contributed by atoms with Crippen molar-refractivity contribution in [3.63, 3.8) is 0 Å². The lowest BCUT2D eigenvalue weighted by molar-refractivity contribution is -0.146. The number of unbranched alkanes of at least 4 members (excludes halogenated alkanes) is 1. The molecule has 3 heteroatoms. The molecule has 0 fully saturated rings. The van der Waals surface area contributed by atoms with E-state index in [1.54, 1.807) is 6.92 Å². The van der Waals surface area contributed by atoms with Crippen LogP contribution in [0.15, 0.2) is 11.6 Å². The fourth-order valence-corrected chi connectivity index (χ4v) is 0.836. The van der Waals surface area contributed by atoms with Crippen LogP contribution in [-0.4, -0.2) is 12.5 Å². The van der Waals surface area contributed by atoms with Crippen LogP contribution in [0.4, 0.5) is 0 Å². The molecule has 0 heterocycles. The van der Waals surface area contributed by atoms with Gasteiger partial charge in [-0.15, -0.1) is 0 Å². The molecule has 0 radical (unpaired) electrons. The molecule has 3 nitrogen and oxygen atoms in total. The van der Waals surface area contributed by atoms with E-state index in [2.05, 4.69) is 12.4 Å². The van der Waals surface area contributed by atoms with Crippen molar-refractivity contribution in [3.8, 4) is 0 Å². The Labute approximate surface area is 80.1 Å². The fourth-order valence-electron chi connectivity index (χ4n) is 0.836. The van der Waals surface area contributed by atoms with E-state index < -0.39 is 0 Å². The maximum Gasteiger partial charge on any atom is 0.352 e. The molecule has 0 aliphatic heterocycles. The monoisotopic (exact) mass is 185 g/mol. The maximum absolute atomic E-state index is 11.1. The predicted octanol–water partition coefficient (Wildman–Crippen LogP) is 2.19. The van der Waals surface area contributed by atoms with Gasteiger partial charge in [-0.25, -0.2) is 4.79 Å². The molecule has 0 rings (SSSR count). The van der Waals surface area contributed by atoms with E-state index in [0.29, 0.717) is 5.57 Å². The first-order chi connectivity index (χ1) is 6.22. The van der Waals surface area contributed by atoms with Crippen molar-refractivity contribution in [2.24, 2.45) is 0 Å². The number of nitrogens with one attached hydrogen (secondary N) is 1. The highest BCUT2D eigenvalue weighted by Gasteiger charge is 2.03. The van der Waals surface area contributed by atoms with Gasteiger partial charge in [0, 0.05) is 12.1 Å². The Morgan fingerprint density at radius 3 is 2.69 bits per heavy atom. The van der Waals surface area contributed by atoms with E-state index >= 15 is 0 Å². The second kappa shape index (κ2) is 7.80. The zero-order valence-electron chi connectivity index (χ0n) is 8.72. The molecule has 0 saturated carbocycles. The summed E-state index contributed by atoms with van der Waals surface area (Å²) in [6, 6.07) is 0. The Balaban J connectivity index is 3.56. The van der Waals surface area contributed by atoms with Crippen LogP contribution in [-0.2, 0) is 9.63 Å². The molecule has 0 aliphatic rings. The zero-order valence-corrected chi connectivity index (χ0v) is 8.72. The van der Waals surface area contributed by atoms with Gasteiger partial charge in [-0.2, -0.15) is 5.48 Å². The minimum absolute atomic E-state index is 0.280. The topological polar surface area (TPSA) is 38.3 Å². The highest BCUT2D eigenvalue weighted by Crippen LogP contribution is 1.96. The fraction of sp³-hybridized carbons (Fsp3) is 0.700. The lowest BCUT2D eigenvalue weighted by atomic mass is 10.2. The van der Waals surface area contributed by atoms with Crippen LogP contribution in [0.5, 0.6) is 0 Å². The minimum atomic E-state index is -0.280. The molecule has 13 heavy (non-hydrogen) atoms. The third-order valence-corrected chi connectivity index (χ3v) is 1.63. The Bertz CT molecular complexity index is 176. The van der Waals surface area contributed by atoms with Crippen molar-refractivity contribution < 1.29 is 9.63 Å². The van der Waals surface area contributed by atoms with Crippen molar-refractivity contribution in [2.75, 3.05) is 6.54 Å². The Morgan fingerprint density at radius 2 is 2.15 bits per heavy atom. The van der Waals surface area contributed by atoms with Crippen LogP contribution < -0.4 is 5.48 Å². The second-order valence-corrected chi connectivity index (χ2v) is 2.93. The predicted molar refractivity (Wildman–Crippen MR) is 53.1 cm³/mol. The van der Waals surface area contributed by atoms with Crippen molar-refractivity contribution in [1.29, 1.82) is 0 Å². The quantitative estimate of drug-likeness (QED) is 0.391. The van der Waals surface area contributed by atoms with Gasteiger partial charge >= 0.3 is 5.97 Å². The lowest BCUT2D eigenvalue weighted by Crippen LogP contribution is -2.21. The summed E-state index contributed by atoms with van der Waals surface area (Å²) < 4.78 is 0. The van der Waals surface area contributed by atoms with E-state index in [1.165, 1.54) is 0 Å². The molecule has 0 spiro atoms. The van der Waals surface area contributed by atoms with Gasteiger partial charge in [0.1, 0.15) is 0 Å². The third kappa shape index (κ3) is 6.34. The average molecular weight is 185 g/mol. The van der Waals surface area contributed by atoms with Crippen LogP contribution in [0.25, 0.3) is 0 Å². The maximum atomic E-state index is 11.1. The van der Waals surface area contributed by atoms with Gasteiger partial charge in [0.15, 0.2) is 0 Å². The van der Waals surface area contributed by atoms with E-state index in [4.69, 9.17) is 4.84 Å². The van der Waals surface area contributed by atoms with Crippen molar-refractivity contribution in [1.82, 2.24) is 5.48 Å². The zero-order chi connectivity index (χ0) is 10.1. The molecule has 0 aromatic heterocycles. The summed E-state index contributed by atoms with van der Waals surface area (Å²) in [7, 11) is 0. The summed E-state index contributed by atoms with van der Waals surface area (Å²) in [5, 5.41) is 0. The van der Waals surface area contributed by atoms with Gasteiger partial charge in [0.05, 0.1) is 0 Å². The molecule has 0 saturated heterocycles. The smallest absolute Gasteiger partial charge is 0.352 e. The number of rotatable bonds is 6. The van der Waals surface area contributed by atoms with Gasteiger partial charge in [-0.05, 0) is 19.8 Å². The van der Waals surface area contributed by atoms with Crippen LogP contribution in [0.2, 0.25) is 0 Å². The van der Waals surface area contributed by atoms with E-state index in [1.807, 2.05) is 13.0 Å². The number of hydroxylamine groups is 1. The summed E-state index contributed by atoms with van der Waals surface area (Å²) in [5.41, 5.74) is 3.29. The molecule has 0 atom stereocenters. The molecule has 0 unspecified atom stereocenters. The lowest BCUT2D eigenvalue weighted by Gasteiger charge is -2.04. The number of carbonyl (C=O) groups is 1. The Kier molecular flexibility index (Phi) is 7.30. The summed E-state index contributed by atoms with van der Waals surface area (Å²) in [6.45, 7) is 6.56. The standard InChI is InChI=1S/C10H19NO2/c1-4-6-8-11-13-10(12)9(3)7-5-2/h7,11H,4-6,8H2,1-3H3. The molecule has 1 N–H and O–H groups in total. The molecule has 0 aromatic rings. The number of hydrogen-bond donors (Lipinski definition) is 1. The van der Waals surface area contributed by atoms with E-state index in [-0.39, 0.29) is 5.97 Å². The average Bonchev–Trinajstić information content (AvgIpc) is 2.12. The summed E-state index contributed by atoms with van der Waals surface area (Å²) in [5.74, 6) is -0.280. The Hall–Kier alpha value is -0.830. The first-order valence-electron chi connectivity index (χ1n) is 4.83. The number of carbonyl (C=O) groups excluding carboxylic acids is 1. The first kappa shape index (κ1) is 12.2. The molecule has 76 valence electrons. The minimum Gasteiger partial charge on any atom is -0.367 e. The van der Waals surface area contributed by atoms with Crippen LogP contribution in [0.3, 0.4) is 0 Å². The van der Waals surface area contributed by atoms with E-state index in [0.717, 1.165) is 25.8 Å². The van der Waals surface area contributed by atoms with Gasteiger partial charge in [-0.1, -0.05) is 26.3 Å². The highest BCUT2D eigenvalue weighted by atomic mass is 16.7. The number of hydrogen-bond acceptors (Lipinski definition) is 3. The number of allylic oxidation sites excluding steroid dienone is 1. The molecule has 0 amide bonds. The van der Waals surface area contributed by atoms with Crippen LogP contribution >= 0.6 is 0 Å². The molecule has 0 bridgehead atoms. The largest absolute Gasteiger partial charge is 0.367 e. The Morgan fingerprint density at radius 1 is 1.46 bits per heavy atom. The summed E-state index contributed by atoms with van der Waals surface area (Å²) >= 11 is 0. The van der Waals surface area contributed by atoms with Crippen LogP contribution in [0, 0.1) is 0 Å². The highest BCUT2D eigenvalue weighted by molar-refractivity contribution is 5.87. The first-order valence-corrected chi connectivity index (χ1v) is 4.83. The third-order valence-electron chi connectivity index (χ3n) is 1.63. The van der Waals surface area contributed by atoms with Crippen molar-refractivity contribution in [2.45, 2.75) is 40.0 Å². The molecule has 0 aliphatic carbocycles. The SMILES string of the molecule is CCC=C(C)C(=O)ONCCCC. The summed E-state index contributed by atoms with van der Waals surface area (Å²) in [4.78, 5) is 15.9. The van der Waals surface area contributed by atoms with Gasteiger partial charge in [-0.3, -0.25) is 0 Å². The van der Waals surface area contributed by atoms with Crippen molar-refractivity contribution >= 4 is 5.97 Å². The molecular weight excluding hydrogens is 166 g/mol. The molecule has 0 aromatic carbocycles. The van der Waals surface area contributed by atoms with Gasteiger partial charge in [0.2, 0.25) is 0 Å². The molecular formula is C10H19NO2. The second-order valence-electron chi connectivity index (χ2n) is 2.93. The van der Waals surface area contributed by atoms with Crippen molar-refractivity contribution in [3.05, 3.63) is 11.6 Å². The van der Waals surface area contributed by atoms with Crippen LogP contribution in [0.1, 0.15) is 40.0 Å². The van der Waals surface area contributed by atoms with Gasteiger partial charge in [0.25, 0.3) is 0 Å².